The fourth-order valence-corrected chi connectivity index (χ4v) is 2.18. The zero-order valence-corrected chi connectivity index (χ0v) is 14.5. The number of carbonyl (C=O) groups is 2. The smallest absolute Gasteiger partial charge is 0.246 e. The number of amides is 2. The number of carbonyl (C=O) groups excluding carboxylic acids is 2. The van der Waals surface area contributed by atoms with Crippen LogP contribution >= 0.6 is 0 Å². The van der Waals surface area contributed by atoms with E-state index >= 15 is 0 Å². The molecule has 0 bridgehead atoms. The highest BCUT2D eigenvalue weighted by atomic mass is 19.1. The van der Waals surface area contributed by atoms with Crippen LogP contribution in [0.4, 0.5) is 15.8 Å². The molecule has 0 radical (unpaired) electrons. The van der Waals surface area contributed by atoms with E-state index in [1.165, 1.54) is 18.2 Å². The van der Waals surface area contributed by atoms with Crippen molar-refractivity contribution in [3.63, 3.8) is 0 Å². The van der Waals surface area contributed by atoms with Gasteiger partial charge >= 0.3 is 0 Å². The zero-order valence-electron chi connectivity index (χ0n) is 14.5. The van der Waals surface area contributed by atoms with Crippen LogP contribution in [0.3, 0.4) is 0 Å². The molecule has 6 heteroatoms. The molecule has 0 aliphatic rings. The molecule has 2 N–H and O–H groups in total. The number of hydrogen-bond donors (Lipinski definition) is 2. The Labute approximate surface area is 146 Å². The average Bonchev–Trinajstić information content (AvgIpc) is 2.56. The minimum Gasteiger partial charge on any atom is -0.374 e. The van der Waals surface area contributed by atoms with Gasteiger partial charge in [0.05, 0.1) is 6.42 Å². The Bertz CT molecular complexity index is 745. The highest BCUT2D eigenvalue weighted by molar-refractivity contribution is 5.96. The summed E-state index contributed by atoms with van der Waals surface area (Å²) in [6.07, 6.45) is 0.336. The van der Waals surface area contributed by atoms with Crippen LogP contribution in [0, 0.1) is 5.82 Å². The van der Waals surface area contributed by atoms with Crippen LogP contribution in [0.2, 0.25) is 0 Å². The van der Waals surface area contributed by atoms with E-state index in [0.29, 0.717) is 12.1 Å². The second-order valence-corrected chi connectivity index (χ2v) is 6.03. The van der Waals surface area contributed by atoms with Crippen LogP contribution in [0.1, 0.15) is 12.5 Å². The van der Waals surface area contributed by atoms with E-state index in [1.807, 2.05) is 24.3 Å². The normalized spacial score (nSPS) is 11.5. The average molecular weight is 343 g/mol. The number of nitrogens with one attached hydrogen (secondary N) is 2. The maximum atomic E-state index is 13.1. The van der Waals surface area contributed by atoms with Gasteiger partial charge in [0.2, 0.25) is 11.8 Å². The van der Waals surface area contributed by atoms with Crippen molar-refractivity contribution in [3.8, 4) is 0 Å². The Morgan fingerprint density at radius 3 is 2.36 bits per heavy atom. The van der Waals surface area contributed by atoms with Gasteiger partial charge in [-0.15, -0.1) is 0 Å². The Hall–Kier alpha value is -2.89. The van der Waals surface area contributed by atoms with E-state index in [0.717, 1.165) is 11.3 Å². The first-order valence-corrected chi connectivity index (χ1v) is 7.97. The molecule has 0 spiro atoms. The van der Waals surface area contributed by atoms with Crippen LogP contribution in [-0.4, -0.2) is 36.9 Å². The van der Waals surface area contributed by atoms with Crippen LogP contribution in [-0.2, 0) is 16.0 Å². The standard InChI is InChI=1S/C19H22FN3O2/c1-13(19(25)22-17-6-4-5-15(20)12-17)21-16-9-7-14(8-10-16)11-18(24)23(2)3/h4-10,12-13,21H,11H2,1-3H3,(H,22,25). The van der Waals surface area contributed by atoms with Crippen LogP contribution in [0.25, 0.3) is 0 Å². The van der Waals surface area contributed by atoms with Crippen molar-refractivity contribution in [1.29, 1.82) is 0 Å². The second-order valence-electron chi connectivity index (χ2n) is 6.03. The number of rotatable bonds is 6. The third kappa shape index (κ3) is 5.60. The van der Waals surface area contributed by atoms with Gasteiger partial charge in [0.25, 0.3) is 0 Å². The largest absolute Gasteiger partial charge is 0.374 e. The molecule has 2 aromatic rings. The van der Waals surface area contributed by atoms with Gasteiger partial charge in [-0.05, 0) is 42.8 Å². The first-order chi connectivity index (χ1) is 11.8. The van der Waals surface area contributed by atoms with Crippen molar-refractivity contribution >= 4 is 23.2 Å². The molecule has 0 saturated carbocycles. The molecule has 2 amide bonds. The van der Waals surface area contributed by atoms with E-state index in [-0.39, 0.29) is 11.8 Å². The summed E-state index contributed by atoms with van der Waals surface area (Å²) in [5.74, 6) is -0.637. The van der Waals surface area contributed by atoms with Gasteiger partial charge in [-0.1, -0.05) is 18.2 Å². The molecule has 0 saturated heterocycles. The van der Waals surface area contributed by atoms with Gasteiger partial charge in [0.1, 0.15) is 11.9 Å². The highest BCUT2D eigenvalue weighted by Crippen LogP contribution is 2.14. The summed E-state index contributed by atoms with van der Waals surface area (Å²) in [4.78, 5) is 25.4. The van der Waals surface area contributed by atoms with Crippen molar-refractivity contribution in [2.45, 2.75) is 19.4 Å². The Morgan fingerprint density at radius 2 is 1.76 bits per heavy atom. The summed E-state index contributed by atoms with van der Waals surface area (Å²) in [6, 6.07) is 12.6. The lowest BCUT2D eigenvalue weighted by molar-refractivity contribution is -0.128. The number of likely N-dealkylation sites (N-methyl/N-ethyl adjacent to an activating group) is 1. The molecule has 0 heterocycles. The first-order valence-electron chi connectivity index (χ1n) is 7.97. The summed E-state index contributed by atoms with van der Waals surface area (Å²) in [6.45, 7) is 1.72. The molecule has 1 unspecified atom stereocenters. The van der Waals surface area contributed by atoms with Crippen LogP contribution < -0.4 is 10.6 Å². The number of benzene rings is 2. The quantitative estimate of drug-likeness (QED) is 0.848. The molecule has 0 fully saturated rings. The van der Waals surface area contributed by atoms with E-state index in [4.69, 9.17) is 0 Å². The number of nitrogens with zero attached hydrogens (tertiary/aromatic N) is 1. The molecule has 5 nitrogen and oxygen atoms in total. The minimum absolute atomic E-state index is 0.0311. The van der Waals surface area contributed by atoms with Crippen molar-refractivity contribution < 1.29 is 14.0 Å². The van der Waals surface area contributed by atoms with Gasteiger partial charge in [0, 0.05) is 25.5 Å². The number of halogens is 1. The van der Waals surface area contributed by atoms with Gasteiger partial charge in [-0.2, -0.15) is 0 Å². The molecule has 0 aromatic heterocycles. The van der Waals surface area contributed by atoms with Gasteiger partial charge in [-0.25, -0.2) is 4.39 Å². The van der Waals surface area contributed by atoms with Crippen molar-refractivity contribution in [3.05, 3.63) is 59.9 Å². The molecule has 1 atom stereocenters. The van der Waals surface area contributed by atoms with Crippen molar-refractivity contribution in [2.24, 2.45) is 0 Å². The van der Waals surface area contributed by atoms with Gasteiger partial charge < -0.3 is 15.5 Å². The lowest BCUT2D eigenvalue weighted by Gasteiger charge is -2.16. The third-order valence-corrected chi connectivity index (χ3v) is 3.68. The SMILES string of the molecule is CC(Nc1ccc(CC(=O)N(C)C)cc1)C(=O)Nc1cccc(F)c1. The zero-order chi connectivity index (χ0) is 18.4. The van der Waals surface area contributed by atoms with Crippen molar-refractivity contribution in [2.75, 3.05) is 24.7 Å². The number of hydrogen-bond acceptors (Lipinski definition) is 3. The van der Waals surface area contributed by atoms with Crippen molar-refractivity contribution in [1.82, 2.24) is 4.90 Å². The predicted molar refractivity (Wildman–Crippen MR) is 97.0 cm³/mol. The minimum atomic E-state index is -0.502. The topological polar surface area (TPSA) is 61.4 Å². The fraction of sp³-hybridized carbons (Fsp3) is 0.263. The Balaban J connectivity index is 1.92. The fourth-order valence-electron chi connectivity index (χ4n) is 2.18. The second kappa shape index (κ2) is 8.28. The Kier molecular flexibility index (Phi) is 6.11. The Morgan fingerprint density at radius 1 is 1.08 bits per heavy atom. The molecule has 2 aromatic carbocycles. The van der Waals surface area contributed by atoms with Gasteiger partial charge in [-0.3, -0.25) is 9.59 Å². The van der Waals surface area contributed by atoms with Gasteiger partial charge in [0.15, 0.2) is 0 Å². The molecule has 0 aliphatic heterocycles. The molecule has 2 rings (SSSR count). The lowest BCUT2D eigenvalue weighted by atomic mass is 10.1. The monoisotopic (exact) mass is 343 g/mol. The first kappa shape index (κ1) is 18.4. The molecular weight excluding hydrogens is 321 g/mol. The van der Waals surface area contributed by atoms with E-state index in [2.05, 4.69) is 10.6 Å². The maximum Gasteiger partial charge on any atom is 0.246 e. The summed E-state index contributed by atoms with van der Waals surface area (Å²) in [5.41, 5.74) is 2.08. The summed E-state index contributed by atoms with van der Waals surface area (Å²) in [5, 5.41) is 5.74. The predicted octanol–water partition coefficient (Wildman–Crippen LogP) is 2.90. The van der Waals surface area contributed by atoms with E-state index in [1.54, 1.807) is 32.0 Å². The van der Waals surface area contributed by atoms with E-state index < -0.39 is 11.9 Å². The lowest BCUT2D eigenvalue weighted by Crippen LogP contribution is -2.31. The molecular formula is C19H22FN3O2. The number of anilines is 2. The van der Waals surface area contributed by atoms with Crippen LogP contribution in [0.5, 0.6) is 0 Å². The molecule has 132 valence electrons. The third-order valence-electron chi connectivity index (χ3n) is 3.68. The van der Waals surface area contributed by atoms with Crippen LogP contribution in [0.15, 0.2) is 48.5 Å². The maximum absolute atomic E-state index is 13.1. The summed E-state index contributed by atoms with van der Waals surface area (Å²) in [7, 11) is 3.44. The summed E-state index contributed by atoms with van der Waals surface area (Å²) >= 11 is 0. The summed E-state index contributed by atoms with van der Waals surface area (Å²) < 4.78 is 13.1. The molecule has 0 aliphatic carbocycles. The van der Waals surface area contributed by atoms with E-state index in [9.17, 15) is 14.0 Å². The highest BCUT2D eigenvalue weighted by Gasteiger charge is 2.13. The molecule has 25 heavy (non-hydrogen) atoms.